The predicted molar refractivity (Wildman–Crippen MR) is 155 cm³/mol. The Bertz CT molecular complexity index is 1800. The van der Waals surface area contributed by atoms with Crippen LogP contribution in [0.15, 0.2) is 127 Å². The van der Waals surface area contributed by atoms with Gasteiger partial charge >= 0.3 is 0 Å². The highest BCUT2D eigenvalue weighted by molar-refractivity contribution is 6.00. The van der Waals surface area contributed by atoms with E-state index in [1.807, 2.05) is 0 Å². The molecule has 5 aromatic carbocycles. The van der Waals surface area contributed by atoms with Gasteiger partial charge in [0.05, 0.1) is 5.41 Å². The summed E-state index contributed by atoms with van der Waals surface area (Å²) >= 11 is 0. The molecule has 5 aromatic rings. The summed E-state index contributed by atoms with van der Waals surface area (Å²) < 4.78 is 0. The topological polar surface area (TPSA) is 12.0 Å². The molecule has 0 aliphatic heterocycles. The fourth-order valence-electron chi connectivity index (χ4n) is 7.00. The minimum atomic E-state index is -0.274. The molecule has 0 saturated heterocycles. The molecule has 1 N–H and O–H groups in total. The third kappa shape index (κ3) is 2.80. The maximum Gasteiger partial charge on any atom is 0.0723 e. The summed E-state index contributed by atoms with van der Waals surface area (Å²) in [5.41, 5.74) is 13.1. The average Bonchev–Trinajstić information content (AvgIpc) is 3.39. The predicted octanol–water partition coefficient (Wildman–Crippen LogP) is 9.26. The first-order valence-corrected chi connectivity index (χ1v) is 13.3. The van der Waals surface area contributed by atoms with Gasteiger partial charge in [0.15, 0.2) is 0 Å². The monoisotopic (exact) mass is 473 g/mol. The second kappa shape index (κ2) is 7.57. The molecule has 0 amide bonds. The normalized spacial score (nSPS) is 20.6. The van der Waals surface area contributed by atoms with Crippen molar-refractivity contribution in [3.63, 3.8) is 0 Å². The third-order valence-electron chi connectivity index (χ3n) is 8.54. The van der Waals surface area contributed by atoms with Crippen molar-refractivity contribution in [1.29, 1.82) is 0 Å². The van der Waals surface area contributed by atoms with Gasteiger partial charge in [-0.15, -0.1) is 0 Å². The van der Waals surface area contributed by atoms with Gasteiger partial charge < -0.3 is 5.32 Å². The van der Waals surface area contributed by atoms with Crippen molar-refractivity contribution in [3.05, 3.63) is 149 Å². The SMILES string of the molecule is CC1C=C2C(=CC1)c1ccccc1C21c2ccccc2-c2ccc(Nc3ccc4ccccc4c3)cc21. The van der Waals surface area contributed by atoms with Gasteiger partial charge in [-0.3, -0.25) is 0 Å². The first-order valence-electron chi connectivity index (χ1n) is 13.3. The maximum atomic E-state index is 3.73. The summed E-state index contributed by atoms with van der Waals surface area (Å²) in [5.74, 6) is 0.528. The Hall–Kier alpha value is -4.36. The van der Waals surface area contributed by atoms with Crippen LogP contribution in [-0.4, -0.2) is 0 Å². The largest absolute Gasteiger partial charge is 0.355 e. The van der Waals surface area contributed by atoms with Gasteiger partial charge in [-0.1, -0.05) is 104 Å². The molecule has 0 bridgehead atoms. The molecule has 0 radical (unpaired) electrons. The second-order valence-corrected chi connectivity index (χ2v) is 10.7. The van der Waals surface area contributed by atoms with Crippen molar-refractivity contribution in [3.8, 4) is 11.1 Å². The van der Waals surface area contributed by atoms with Crippen molar-refractivity contribution >= 4 is 27.7 Å². The van der Waals surface area contributed by atoms with Crippen molar-refractivity contribution in [2.45, 2.75) is 18.8 Å². The first kappa shape index (κ1) is 20.8. The number of allylic oxidation sites excluding steroid dienone is 4. The van der Waals surface area contributed by atoms with Crippen molar-refractivity contribution < 1.29 is 0 Å². The van der Waals surface area contributed by atoms with Crippen LogP contribution in [0, 0.1) is 5.92 Å². The average molecular weight is 474 g/mol. The lowest BCUT2D eigenvalue weighted by atomic mass is 9.69. The van der Waals surface area contributed by atoms with Crippen LogP contribution < -0.4 is 5.32 Å². The van der Waals surface area contributed by atoms with Crippen LogP contribution in [-0.2, 0) is 5.41 Å². The molecular weight excluding hydrogens is 446 g/mol. The van der Waals surface area contributed by atoms with E-state index in [4.69, 9.17) is 0 Å². The van der Waals surface area contributed by atoms with E-state index >= 15 is 0 Å². The van der Waals surface area contributed by atoms with Crippen LogP contribution in [0.1, 0.15) is 35.6 Å². The highest BCUT2D eigenvalue weighted by atomic mass is 14.9. The fraction of sp³-hybridized carbons (Fsp3) is 0.111. The van der Waals surface area contributed by atoms with E-state index in [0.29, 0.717) is 5.92 Å². The van der Waals surface area contributed by atoms with Crippen LogP contribution in [0.5, 0.6) is 0 Å². The molecule has 1 spiro atoms. The zero-order chi connectivity index (χ0) is 24.6. The number of rotatable bonds is 2. The molecule has 2 unspecified atom stereocenters. The summed E-state index contributed by atoms with van der Waals surface area (Å²) in [6, 6.07) is 40.2. The highest BCUT2D eigenvalue weighted by Crippen LogP contribution is 2.64. The summed E-state index contributed by atoms with van der Waals surface area (Å²) in [6.07, 6.45) is 6.12. The molecule has 8 rings (SSSR count). The quantitative estimate of drug-likeness (QED) is 0.269. The molecule has 176 valence electrons. The lowest BCUT2D eigenvalue weighted by Crippen LogP contribution is -2.27. The van der Waals surface area contributed by atoms with Crippen LogP contribution in [0.3, 0.4) is 0 Å². The van der Waals surface area contributed by atoms with E-state index in [1.165, 1.54) is 55.3 Å². The van der Waals surface area contributed by atoms with Gasteiger partial charge in [0.2, 0.25) is 0 Å². The number of benzene rings is 5. The molecule has 0 heterocycles. The number of hydrogen-bond donors (Lipinski definition) is 1. The van der Waals surface area contributed by atoms with Gasteiger partial charge in [-0.05, 0) is 91.9 Å². The van der Waals surface area contributed by atoms with E-state index in [2.05, 4.69) is 134 Å². The van der Waals surface area contributed by atoms with Crippen LogP contribution in [0.4, 0.5) is 11.4 Å². The molecule has 0 saturated carbocycles. The highest BCUT2D eigenvalue weighted by Gasteiger charge is 2.53. The first-order chi connectivity index (χ1) is 18.2. The van der Waals surface area contributed by atoms with Crippen molar-refractivity contribution in [2.75, 3.05) is 5.32 Å². The van der Waals surface area contributed by atoms with E-state index in [9.17, 15) is 0 Å². The van der Waals surface area contributed by atoms with Gasteiger partial charge in [-0.2, -0.15) is 0 Å². The maximum absolute atomic E-state index is 3.73. The molecule has 1 nitrogen and oxygen atoms in total. The number of fused-ring (bicyclic) bond motifs is 11. The van der Waals surface area contributed by atoms with Gasteiger partial charge in [0, 0.05) is 11.4 Å². The Balaban J connectivity index is 1.36. The Kier molecular flexibility index (Phi) is 4.25. The van der Waals surface area contributed by atoms with E-state index in [0.717, 1.165) is 17.8 Å². The summed E-state index contributed by atoms with van der Waals surface area (Å²) in [6.45, 7) is 2.34. The summed E-state index contributed by atoms with van der Waals surface area (Å²) in [7, 11) is 0. The lowest BCUT2D eigenvalue weighted by molar-refractivity contribution is 0.701. The van der Waals surface area contributed by atoms with Crippen LogP contribution in [0.25, 0.3) is 27.5 Å². The Morgan fingerprint density at radius 1 is 0.622 bits per heavy atom. The number of anilines is 2. The lowest BCUT2D eigenvalue weighted by Gasteiger charge is -2.32. The molecule has 3 aliphatic carbocycles. The molecule has 0 aromatic heterocycles. The zero-order valence-corrected chi connectivity index (χ0v) is 20.8. The summed E-state index contributed by atoms with van der Waals surface area (Å²) in [4.78, 5) is 0. The number of hydrogen-bond acceptors (Lipinski definition) is 1. The Labute approximate surface area is 217 Å². The minimum Gasteiger partial charge on any atom is -0.355 e. The molecule has 3 aliphatic rings. The summed E-state index contributed by atoms with van der Waals surface area (Å²) in [5, 5.41) is 6.24. The van der Waals surface area contributed by atoms with E-state index in [1.54, 1.807) is 0 Å². The molecule has 37 heavy (non-hydrogen) atoms. The molecule has 1 heteroatoms. The fourth-order valence-corrected chi connectivity index (χ4v) is 7.00. The Morgan fingerprint density at radius 3 is 2.14 bits per heavy atom. The Morgan fingerprint density at radius 2 is 1.27 bits per heavy atom. The smallest absolute Gasteiger partial charge is 0.0723 e. The van der Waals surface area contributed by atoms with Gasteiger partial charge in [0.1, 0.15) is 0 Å². The van der Waals surface area contributed by atoms with E-state index < -0.39 is 0 Å². The number of nitrogens with one attached hydrogen (secondary N) is 1. The third-order valence-corrected chi connectivity index (χ3v) is 8.54. The van der Waals surface area contributed by atoms with Gasteiger partial charge in [-0.25, -0.2) is 0 Å². The van der Waals surface area contributed by atoms with E-state index in [-0.39, 0.29) is 5.41 Å². The molecule has 2 atom stereocenters. The molecular formula is C36H27N. The zero-order valence-electron chi connectivity index (χ0n) is 20.8. The molecule has 0 fully saturated rings. The second-order valence-electron chi connectivity index (χ2n) is 10.7. The van der Waals surface area contributed by atoms with Gasteiger partial charge in [0.25, 0.3) is 0 Å². The van der Waals surface area contributed by atoms with Crippen molar-refractivity contribution in [2.24, 2.45) is 5.92 Å². The van der Waals surface area contributed by atoms with Crippen molar-refractivity contribution in [1.82, 2.24) is 0 Å². The standard InChI is InChI=1S/C36H27N/c1-23-14-18-30-28-10-4-6-12-32(28)36(34(30)20-23)33-13-7-5-11-29(33)31-19-17-27(22-35(31)36)37-26-16-15-24-8-2-3-9-25(24)21-26/h2-13,15-23,37H,14H2,1H3. The van der Waals surface area contributed by atoms with Crippen LogP contribution >= 0.6 is 0 Å². The minimum absolute atomic E-state index is 0.274. The van der Waals surface area contributed by atoms with Crippen LogP contribution in [0.2, 0.25) is 0 Å².